The van der Waals surface area contributed by atoms with Crippen LogP contribution in [0.25, 0.3) is 0 Å². The van der Waals surface area contributed by atoms with Crippen molar-refractivity contribution in [3.05, 3.63) is 47.5 Å². The number of hydrogen-bond donors (Lipinski definition) is 2. The maximum atomic E-state index is 6.16. The zero-order valence-electron chi connectivity index (χ0n) is 11.0. The molecule has 5 heteroatoms. The smallest absolute Gasteiger partial charge is 0.0948 e. The zero-order chi connectivity index (χ0) is 13.7. The Labute approximate surface area is 118 Å². The summed E-state index contributed by atoms with van der Waals surface area (Å²) in [5.74, 6) is 0. The molecule has 2 aromatic rings. The molecule has 0 aliphatic heterocycles. The highest BCUT2D eigenvalue weighted by Gasteiger charge is 2.15. The predicted molar refractivity (Wildman–Crippen MR) is 79.4 cm³/mol. The van der Waals surface area contributed by atoms with Crippen molar-refractivity contribution in [1.29, 1.82) is 0 Å². The fourth-order valence-corrected chi connectivity index (χ4v) is 2.26. The van der Waals surface area contributed by atoms with Gasteiger partial charge in [-0.05, 0) is 18.6 Å². The number of aryl methyl sites for hydroxylation is 1. The number of para-hydroxylation sites is 1. The summed E-state index contributed by atoms with van der Waals surface area (Å²) in [5.41, 5.74) is 7.86. The topological polar surface area (TPSA) is 55.9 Å². The molecule has 0 aliphatic carbocycles. The molecule has 1 atom stereocenters. The van der Waals surface area contributed by atoms with Crippen molar-refractivity contribution in [3.8, 4) is 0 Å². The molecular formula is C14H19ClN4. The van der Waals surface area contributed by atoms with Crippen LogP contribution in [0.15, 0.2) is 36.8 Å². The van der Waals surface area contributed by atoms with Crippen molar-refractivity contribution >= 4 is 17.3 Å². The largest absolute Gasteiger partial charge is 0.374 e. The molecular weight excluding hydrogens is 260 g/mol. The summed E-state index contributed by atoms with van der Waals surface area (Å²) in [4.78, 5) is 4.21. The van der Waals surface area contributed by atoms with E-state index in [-0.39, 0.29) is 6.04 Å². The quantitative estimate of drug-likeness (QED) is 0.854. The first-order valence-electron chi connectivity index (χ1n) is 6.47. The second-order valence-corrected chi connectivity index (χ2v) is 4.83. The molecule has 0 saturated carbocycles. The molecule has 0 saturated heterocycles. The van der Waals surface area contributed by atoms with E-state index < -0.39 is 0 Å². The van der Waals surface area contributed by atoms with Crippen molar-refractivity contribution < 1.29 is 0 Å². The van der Waals surface area contributed by atoms with Gasteiger partial charge in [0.2, 0.25) is 0 Å². The van der Waals surface area contributed by atoms with E-state index in [1.54, 1.807) is 0 Å². The minimum atomic E-state index is 0.00829. The summed E-state index contributed by atoms with van der Waals surface area (Å²) in [6, 6.07) is 7.68. The molecule has 4 nitrogen and oxygen atoms in total. The lowest BCUT2D eigenvalue weighted by Gasteiger charge is -2.20. The maximum Gasteiger partial charge on any atom is 0.0948 e. The molecule has 0 fully saturated rings. The predicted octanol–water partition coefficient (Wildman–Crippen LogP) is 3.06. The number of anilines is 1. The Bertz CT molecular complexity index is 524. The van der Waals surface area contributed by atoms with Gasteiger partial charge in [0, 0.05) is 13.1 Å². The van der Waals surface area contributed by atoms with E-state index in [2.05, 4.69) is 21.8 Å². The molecule has 2 rings (SSSR count). The van der Waals surface area contributed by atoms with Gasteiger partial charge in [0.1, 0.15) is 0 Å². The summed E-state index contributed by atoms with van der Waals surface area (Å²) in [6.07, 6.45) is 4.76. The van der Waals surface area contributed by atoms with Gasteiger partial charge < -0.3 is 15.6 Å². The van der Waals surface area contributed by atoms with Gasteiger partial charge in [0.15, 0.2) is 0 Å². The van der Waals surface area contributed by atoms with E-state index in [4.69, 9.17) is 17.3 Å². The Balaban J connectivity index is 2.20. The summed E-state index contributed by atoms with van der Waals surface area (Å²) >= 11 is 6.16. The van der Waals surface area contributed by atoms with E-state index in [1.807, 2.05) is 36.8 Å². The number of hydrogen-bond acceptors (Lipinski definition) is 3. The van der Waals surface area contributed by atoms with Gasteiger partial charge in [-0.25, -0.2) is 4.98 Å². The number of benzene rings is 1. The van der Waals surface area contributed by atoms with Crippen LogP contribution in [0.2, 0.25) is 5.02 Å². The molecule has 0 bridgehead atoms. The number of halogens is 1. The van der Waals surface area contributed by atoms with Crippen LogP contribution >= 0.6 is 11.6 Å². The average molecular weight is 279 g/mol. The van der Waals surface area contributed by atoms with Crippen molar-refractivity contribution in [1.82, 2.24) is 9.55 Å². The van der Waals surface area contributed by atoms with Crippen LogP contribution in [0.5, 0.6) is 0 Å². The maximum absolute atomic E-state index is 6.16. The lowest BCUT2D eigenvalue weighted by Crippen LogP contribution is -2.23. The summed E-state index contributed by atoms with van der Waals surface area (Å²) in [6.45, 7) is 3.57. The third-order valence-electron chi connectivity index (χ3n) is 3.01. The summed E-state index contributed by atoms with van der Waals surface area (Å²) in [7, 11) is 0. The highest BCUT2D eigenvalue weighted by atomic mass is 35.5. The van der Waals surface area contributed by atoms with E-state index >= 15 is 0 Å². The fourth-order valence-electron chi connectivity index (χ4n) is 2.07. The highest BCUT2D eigenvalue weighted by Crippen LogP contribution is 2.25. The summed E-state index contributed by atoms with van der Waals surface area (Å²) < 4.78 is 2.13. The zero-order valence-corrected chi connectivity index (χ0v) is 11.8. The number of imidazole rings is 1. The van der Waals surface area contributed by atoms with Gasteiger partial charge in [-0.3, -0.25) is 0 Å². The average Bonchev–Trinajstić information content (AvgIpc) is 2.86. The molecule has 0 spiro atoms. The van der Waals surface area contributed by atoms with Crippen molar-refractivity contribution in [3.63, 3.8) is 0 Å². The molecule has 19 heavy (non-hydrogen) atoms. The Hall–Kier alpha value is -1.52. The lowest BCUT2D eigenvalue weighted by atomic mass is 10.2. The molecule has 0 radical (unpaired) electrons. The Morgan fingerprint density at radius 2 is 2.21 bits per heavy atom. The molecule has 102 valence electrons. The number of nitrogens with two attached hydrogens (primary N) is 1. The van der Waals surface area contributed by atoms with Crippen LogP contribution in [0.1, 0.15) is 25.1 Å². The van der Waals surface area contributed by atoms with Crippen molar-refractivity contribution in [2.45, 2.75) is 25.9 Å². The second kappa shape index (κ2) is 6.59. The van der Waals surface area contributed by atoms with Crippen LogP contribution < -0.4 is 11.1 Å². The minimum Gasteiger partial charge on any atom is -0.374 e. The third-order valence-corrected chi connectivity index (χ3v) is 3.33. The molecule has 0 aliphatic rings. The normalized spacial score (nSPS) is 12.4. The van der Waals surface area contributed by atoms with E-state index in [0.717, 1.165) is 24.3 Å². The highest BCUT2D eigenvalue weighted by molar-refractivity contribution is 6.33. The Morgan fingerprint density at radius 3 is 2.89 bits per heavy atom. The third kappa shape index (κ3) is 3.28. The van der Waals surface area contributed by atoms with Crippen LogP contribution in [0.3, 0.4) is 0 Å². The first-order chi connectivity index (χ1) is 9.26. The first kappa shape index (κ1) is 13.9. The number of nitrogens with zero attached hydrogens (tertiary/aromatic N) is 2. The monoisotopic (exact) mass is 278 g/mol. The summed E-state index contributed by atoms with van der Waals surface area (Å²) in [5, 5.41) is 4.08. The second-order valence-electron chi connectivity index (χ2n) is 4.42. The number of rotatable bonds is 6. The molecule has 0 amide bonds. The fraction of sp³-hybridized carbons (Fsp3) is 0.357. The van der Waals surface area contributed by atoms with E-state index in [1.165, 1.54) is 0 Å². The number of aromatic nitrogens is 2. The van der Waals surface area contributed by atoms with E-state index in [0.29, 0.717) is 11.6 Å². The molecule has 3 N–H and O–H groups in total. The van der Waals surface area contributed by atoms with Gasteiger partial charge in [-0.15, -0.1) is 0 Å². The molecule has 1 aromatic carbocycles. The first-order valence-corrected chi connectivity index (χ1v) is 6.85. The SMILES string of the molecule is CCCn1cncc1C(CN)Nc1ccccc1Cl. The van der Waals surface area contributed by atoms with Gasteiger partial charge in [0.25, 0.3) is 0 Å². The van der Waals surface area contributed by atoms with Crippen LogP contribution in [-0.4, -0.2) is 16.1 Å². The van der Waals surface area contributed by atoms with Crippen LogP contribution in [-0.2, 0) is 6.54 Å². The van der Waals surface area contributed by atoms with Gasteiger partial charge in [0.05, 0.1) is 35.0 Å². The molecule has 1 aromatic heterocycles. The van der Waals surface area contributed by atoms with Gasteiger partial charge in [-0.2, -0.15) is 0 Å². The van der Waals surface area contributed by atoms with Crippen LogP contribution in [0.4, 0.5) is 5.69 Å². The van der Waals surface area contributed by atoms with Gasteiger partial charge >= 0.3 is 0 Å². The number of nitrogens with one attached hydrogen (secondary N) is 1. The van der Waals surface area contributed by atoms with Gasteiger partial charge in [-0.1, -0.05) is 30.7 Å². The molecule has 1 heterocycles. The standard InChI is InChI=1S/C14H19ClN4/c1-2-7-19-10-17-9-14(19)13(8-16)18-12-6-4-3-5-11(12)15/h3-6,9-10,13,18H,2,7-8,16H2,1H3. The van der Waals surface area contributed by atoms with Crippen molar-refractivity contribution in [2.75, 3.05) is 11.9 Å². The molecule has 1 unspecified atom stereocenters. The lowest BCUT2D eigenvalue weighted by molar-refractivity contribution is 0.613. The van der Waals surface area contributed by atoms with Crippen molar-refractivity contribution in [2.24, 2.45) is 5.73 Å². The van der Waals surface area contributed by atoms with Crippen LogP contribution in [0, 0.1) is 0 Å². The Morgan fingerprint density at radius 1 is 1.42 bits per heavy atom. The Kier molecular flexibility index (Phi) is 4.82. The minimum absolute atomic E-state index is 0.00829. The van der Waals surface area contributed by atoms with E-state index in [9.17, 15) is 0 Å².